The van der Waals surface area contributed by atoms with Crippen molar-refractivity contribution in [1.82, 2.24) is 15.1 Å². The molecule has 0 spiro atoms. The Hall–Kier alpha value is -3.55. The second-order valence-corrected chi connectivity index (χ2v) is 9.23. The number of hydrogen-bond donors (Lipinski definition) is 0. The maximum atomic E-state index is 13.2. The number of anilines is 1. The first-order chi connectivity index (χ1) is 16.4. The van der Waals surface area contributed by atoms with Gasteiger partial charge in [0.2, 0.25) is 23.6 Å². The molecule has 176 valence electrons. The summed E-state index contributed by atoms with van der Waals surface area (Å²) in [5.41, 5.74) is 3.84. The number of rotatable bonds is 4. The van der Waals surface area contributed by atoms with Gasteiger partial charge in [-0.1, -0.05) is 6.07 Å². The molecule has 7 nitrogen and oxygen atoms in total. The van der Waals surface area contributed by atoms with E-state index in [-0.39, 0.29) is 35.9 Å². The van der Waals surface area contributed by atoms with Gasteiger partial charge in [-0.15, -0.1) is 10.2 Å². The topological polar surface area (TPSA) is 79.5 Å². The third kappa shape index (κ3) is 4.32. The van der Waals surface area contributed by atoms with Crippen LogP contribution in [-0.4, -0.2) is 46.5 Å². The van der Waals surface area contributed by atoms with Crippen molar-refractivity contribution in [2.75, 3.05) is 24.5 Å². The van der Waals surface area contributed by atoms with Crippen molar-refractivity contribution < 1.29 is 18.4 Å². The third-order valence-electron chi connectivity index (χ3n) is 6.96. The number of carbonyl (C=O) groups excluding carboxylic acids is 2. The van der Waals surface area contributed by atoms with Gasteiger partial charge in [-0.3, -0.25) is 9.59 Å². The summed E-state index contributed by atoms with van der Waals surface area (Å²) in [6.07, 6.45) is 1.69. The van der Waals surface area contributed by atoms with E-state index in [1.165, 1.54) is 17.7 Å². The number of aryl methyl sites for hydroxylation is 2. The van der Waals surface area contributed by atoms with Crippen LogP contribution >= 0.6 is 0 Å². The van der Waals surface area contributed by atoms with Crippen LogP contribution in [0.25, 0.3) is 11.5 Å². The highest BCUT2D eigenvalue weighted by Gasteiger charge is 2.38. The van der Waals surface area contributed by atoms with Gasteiger partial charge in [0, 0.05) is 43.2 Å². The number of piperidine rings is 1. The standard InChI is InChI=1S/C26H27FN4O3/c1-16-3-8-22(13-17(16)2)31-15-20(14-23(31)32)26(33)30-11-9-19(10-12-30)25-29-28-24(34-25)18-4-6-21(27)7-5-18/h3-8,13,19-20H,9-12,14-15H2,1-2H3. The monoisotopic (exact) mass is 462 g/mol. The van der Waals surface area contributed by atoms with Crippen molar-refractivity contribution in [3.8, 4) is 11.5 Å². The summed E-state index contributed by atoms with van der Waals surface area (Å²) in [6, 6.07) is 11.9. The zero-order valence-electron chi connectivity index (χ0n) is 19.3. The van der Waals surface area contributed by atoms with E-state index in [4.69, 9.17) is 4.42 Å². The third-order valence-corrected chi connectivity index (χ3v) is 6.96. The highest BCUT2D eigenvalue weighted by atomic mass is 19.1. The van der Waals surface area contributed by atoms with Gasteiger partial charge in [0.1, 0.15) is 5.82 Å². The van der Waals surface area contributed by atoms with Crippen LogP contribution in [-0.2, 0) is 9.59 Å². The number of carbonyl (C=O) groups is 2. The Morgan fingerprint density at radius 3 is 2.47 bits per heavy atom. The number of aromatic nitrogens is 2. The summed E-state index contributed by atoms with van der Waals surface area (Å²) in [5, 5.41) is 8.29. The Kier molecular flexibility index (Phi) is 5.89. The second kappa shape index (κ2) is 9.00. The minimum Gasteiger partial charge on any atom is -0.420 e. The molecule has 34 heavy (non-hydrogen) atoms. The van der Waals surface area contributed by atoms with Crippen molar-refractivity contribution in [2.45, 2.75) is 39.0 Å². The number of benzene rings is 2. The van der Waals surface area contributed by atoms with Crippen LogP contribution in [0.5, 0.6) is 0 Å². The average molecular weight is 463 g/mol. The molecule has 3 heterocycles. The summed E-state index contributed by atoms with van der Waals surface area (Å²) in [6.45, 7) is 5.67. The Labute approximate surface area is 197 Å². The van der Waals surface area contributed by atoms with Gasteiger partial charge in [0.15, 0.2) is 0 Å². The Morgan fingerprint density at radius 1 is 1.03 bits per heavy atom. The maximum Gasteiger partial charge on any atom is 0.247 e. The predicted octanol–water partition coefficient (Wildman–Crippen LogP) is 4.25. The predicted molar refractivity (Wildman–Crippen MR) is 125 cm³/mol. The van der Waals surface area contributed by atoms with Gasteiger partial charge in [-0.25, -0.2) is 4.39 Å². The normalized spacial score (nSPS) is 19.1. The second-order valence-electron chi connectivity index (χ2n) is 9.23. The van der Waals surface area contributed by atoms with E-state index in [1.807, 2.05) is 36.9 Å². The van der Waals surface area contributed by atoms with Crippen LogP contribution in [0.1, 0.15) is 42.2 Å². The van der Waals surface area contributed by atoms with E-state index < -0.39 is 0 Å². The first-order valence-electron chi connectivity index (χ1n) is 11.6. The number of nitrogens with zero attached hydrogens (tertiary/aromatic N) is 4. The molecule has 0 N–H and O–H groups in total. The van der Waals surface area contributed by atoms with Crippen molar-refractivity contribution in [3.63, 3.8) is 0 Å². The molecular formula is C26H27FN4O3. The van der Waals surface area contributed by atoms with Crippen molar-refractivity contribution in [2.24, 2.45) is 5.92 Å². The molecule has 0 bridgehead atoms. The van der Waals surface area contributed by atoms with Crippen LogP contribution in [0, 0.1) is 25.6 Å². The molecule has 8 heteroatoms. The number of hydrogen-bond acceptors (Lipinski definition) is 5. The van der Waals surface area contributed by atoms with Crippen LogP contribution in [0.2, 0.25) is 0 Å². The maximum absolute atomic E-state index is 13.2. The molecule has 2 fully saturated rings. The molecule has 2 amide bonds. The first kappa shape index (κ1) is 22.3. The van der Waals surface area contributed by atoms with Crippen molar-refractivity contribution in [1.29, 1.82) is 0 Å². The van der Waals surface area contributed by atoms with Crippen molar-refractivity contribution >= 4 is 17.5 Å². The summed E-state index contributed by atoms with van der Waals surface area (Å²) in [5.74, 6) is 0.378. The molecule has 1 aromatic heterocycles. The Morgan fingerprint density at radius 2 is 1.76 bits per heavy atom. The fraction of sp³-hybridized carbons (Fsp3) is 0.385. The van der Waals surface area contributed by atoms with E-state index in [2.05, 4.69) is 10.2 Å². The van der Waals surface area contributed by atoms with Gasteiger partial charge < -0.3 is 14.2 Å². The summed E-state index contributed by atoms with van der Waals surface area (Å²) >= 11 is 0. The van der Waals surface area contributed by atoms with Crippen molar-refractivity contribution in [3.05, 3.63) is 65.3 Å². The lowest BCUT2D eigenvalue weighted by Crippen LogP contribution is -2.42. The van der Waals surface area contributed by atoms with Crippen LogP contribution < -0.4 is 4.90 Å². The molecule has 5 rings (SSSR count). The quantitative estimate of drug-likeness (QED) is 0.579. The SMILES string of the molecule is Cc1ccc(N2CC(C(=O)N3CCC(c4nnc(-c5ccc(F)cc5)o4)CC3)CC2=O)cc1C. The lowest BCUT2D eigenvalue weighted by atomic mass is 9.95. The van der Waals surface area contributed by atoms with E-state index in [0.717, 1.165) is 24.1 Å². The largest absolute Gasteiger partial charge is 0.420 e. The molecule has 2 aromatic carbocycles. The molecule has 2 aliphatic rings. The van der Waals surface area contributed by atoms with E-state index >= 15 is 0 Å². The first-order valence-corrected chi connectivity index (χ1v) is 11.6. The number of halogens is 1. The lowest BCUT2D eigenvalue weighted by molar-refractivity contribution is -0.136. The lowest BCUT2D eigenvalue weighted by Gasteiger charge is -2.32. The van der Waals surface area contributed by atoms with Gasteiger partial charge in [0.25, 0.3) is 0 Å². The molecule has 2 aliphatic heterocycles. The minimum absolute atomic E-state index is 0.00401. The minimum atomic E-state index is -0.320. The highest BCUT2D eigenvalue weighted by molar-refractivity contribution is 6.00. The van der Waals surface area contributed by atoms with Crippen LogP contribution in [0.15, 0.2) is 46.9 Å². The average Bonchev–Trinajstić information content (AvgIpc) is 3.48. The van der Waals surface area contributed by atoms with E-state index in [0.29, 0.717) is 37.0 Å². The van der Waals surface area contributed by atoms with Crippen LogP contribution in [0.3, 0.4) is 0 Å². The zero-order valence-corrected chi connectivity index (χ0v) is 19.3. The fourth-order valence-corrected chi connectivity index (χ4v) is 4.73. The molecule has 0 aliphatic carbocycles. The van der Waals surface area contributed by atoms with E-state index in [1.54, 1.807) is 17.0 Å². The smallest absolute Gasteiger partial charge is 0.247 e. The Bertz CT molecular complexity index is 1220. The molecule has 0 saturated carbocycles. The fourth-order valence-electron chi connectivity index (χ4n) is 4.73. The molecule has 2 saturated heterocycles. The molecule has 0 radical (unpaired) electrons. The van der Waals surface area contributed by atoms with Gasteiger partial charge >= 0.3 is 0 Å². The van der Waals surface area contributed by atoms with Gasteiger partial charge in [-0.05, 0) is 74.2 Å². The molecular weight excluding hydrogens is 435 g/mol. The molecule has 1 unspecified atom stereocenters. The van der Waals surface area contributed by atoms with Gasteiger partial charge in [0.05, 0.1) is 5.92 Å². The zero-order chi connectivity index (χ0) is 23.8. The van der Waals surface area contributed by atoms with E-state index in [9.17, 15) is 14.0 Å². The number of likely N-dealkylation sites (tertiary alicyclic amines) is 1. The number of amides is 2. The van der Waals surface area contributed by atoms with Gasteiger partial charge in [-0.2, -0.15) is 0 Å². The Balaban J connectivity index is 1.19. The summed E-state index contributed by atoms with van der Waals surface area (Å²) in [7, 11) is 0. The molecule has 3 aromatic rings. The highest BCUT2D eigenvalue weighted by Crippen LogP contribution is 2.32. The van der Waals surface area contributed by atoms with Crippen LogP contribution in [0.4, 0.5) is 10.1 Å². The molecule has 1 atom stereocenters. The summed E-state index contributed by atoms with van der Waals surface area (Å²) < 4.78 is 19.0. The summed E-state index contributed by atoms with van der Waals surface area (Å²) in [4.78, 5) is 29.4.